The fourth-order valence-electron chi connectivity index (χ4n) is 3.16. The van der Waals surface area contributed by atoms with E-state index in [1.807, 2.05) is 0 Å². The van der Waals surface area contributed by atoms with Crippen molar-refractivity contribution in [2.24, 2.45) is 0 Å². The summed E-state index contributed by atoms with van der Waals surface area (Å²) in [5.74, 6) is -0.976. The zero-order valence-corrected chi connectivity index (χ0v) is 15.4. The summed E-state index contributed by atoms with van der Waals surface area (Å²) in [4.78, 5) is 33.8. The third-order valence-corrected chi connectivity index (χ3v) is 4.41. The summed E-state index contributed by atoms with van der Waals surface area (Å²) < 4.78 is 5.20. The summed E-state index contributed by atoms with van der Waals surface area (Å²) in [6.45, 7) is 3.42. The van der Waals surface area contributed by atoms with Crippen molar-refractivity contribution >= 4 is 17.7 Å². The van der Waals surface area contributed by atoms with Gasteiger partial charge in [-0.25, -0.2) is 0 Å². The normalized spacial score (nSPS) is 15.8. The molecule has 1 N–H and O–H groups in total. The van der Waals surface area contributed by atoms with Crippen LogP contribution in [0.15, 0.2) is 23.3 Å². The number of rotatable bonds is 12. The van der Waals surface area contributed by atoms with Gasteiger partial charge in [0.05, 0.1) is 0 Å². The molecule has 5 nitrogen and oxygen atoms in total. The fourth-order valence-corrected chi connectivity index (χ4v) is 3.16. The van der Waals surface area contributed by atoms with Crippen LogP contribution in [0.4, 0.5) is 0 Å². The molecule has 0 aromatic heterocycles. The van der Waals surface area contributed by atoms with Gasteiger partial charge < -0.3 is 9.84 Å². The van der Waals surface area contributed by atoms with Crippen LogP contribution in [-0.2, 0) is 19.1 Å². The first-order valence-corrected chi connectivity index (χ1v) is 9.22. The Morgan fingerprint density at radius 3 is 2.60 bits per heavy atom. The van der Waals surface area contributed by atoms with Crippen molar-refractivity contribution in [3.63, 3.8) is 0 Å². The molecular weight excluding hydrogens is 320 g/mol. The van der Waals surface area contributed by atoms with Crippen molar-refractivity contribution in [2.75, 3.05) is 0 Å². The molecule has 0 bridgehead atoms. The van der Waals surface area contributed by atoms with Crippen LogP contribution in [0.1, 0.15) is 78.1 Å². The zero-order valence-electron chi connectivity index (χ0n) is 15.4. The molecule has 1 rings (SSSR count). The third-order valence-electron chi connectivity index (χ3n) is 4.41. The molecule has 25 heavy (non-hydrogen) atoms. The van der Waals surface area contributed by atoms with Gasteiger partial charge in [-0.1, -0.05) is 24.6 Å². The Morgan fingerprint density at radius 2 is 1.96 bits per heavy atom. The van der Waals surface area contributed by atoms with Gasteiger partial charge in [0.1, 0.15) is 6.10 Å². The van der Waals surface area contributed by atoms with Gasteiger partial charge in [0.25, 0.3) is 0 Å². The Kier molecular flexibility index (Phi) is 9.81. The molecule has 1 atom stereocenters. The topological polar surface area (TPSA) is 80.7 Å². The third kappa shape index (κ3) is 8.66. The van der Waals surface area contributed by atoms with E-state index in [0.29, 0.717) is 19.3 Å². The molecule has 0 fully saturated rings. The SMILES string of the molecule is CC/C=C/CC1=C(CCCC[C@H](CCC(=O)O)OC(C)=O)CCC1=O. The zero-order chi connectivity index (χ0) is 18.7. The molecule has 0 saturated heterocycles. The van der Waals surface area contributed by atoms with E-state index < -0.39 is 5.97 Å². The number of allylic oxidation sites excluding steroid dienone is 4. The van der Waals surface area contributed by atoms with Crippen LogP contribution in [0.2, 0.25) is 0 Å². The highest BCUT2D eigenvalue weighted by molar-refractivity contribution is 5.98. The van der Waals surface area contributed by atoms with E-state index in [-0.39, 0.29) is 24.3 Å². The van der Waals surface area contributed by atoms with E-state index in [1.165, 1.54) is 12.5 Å². The van der Waals surface area contributed by atoms with E-state index in [2.05, 4.69) is 19.1 Å². The van der Waals surface area contributed by atoms with Crippen molar-refractivity contribution in [3.05, 3.63) is 23.3 Å². The fraction of sp³-hybridized carbons (Fsp3) is 0.650. The molecule has 1 aliphatic rings. The highest BCUT2D eigenvalue weighted by atomic mass is 16.5. The molecule has 140 valence electrons. The van der Waals surface area contributed by atoms with Crippen LogP contribution in [-0.4, -0.2) is 28.9 Å². The molecular formula is C20H30O5. The summed E-state index contributed by atoms with van der Waals surface area (Å²) in [5, 5.41) is 8.77. The number of ketones is 1. The first-order valence-electron chi connectivity index (χ1n) is 9.22. The number of unbranched alkanes of at least 4 members (excludes halogenated alkanes) is 1. The van der Waals surface area contributed by atoms with Gasteiger partial charge in [-0.05, 0) is 56.9 Å². The van der Waals surface area contributed by atoms with Crippen molar-refractivity contribution in [2.45, 2.75) is 84.2 Å². The van der Waals surface area contributed by atoms with Crippen LogP contribution in [0.5, 0.6) is 0 Å². The largest absolute Gasteiger partial charge is 0.481 e. The molecule has 0 spiro atoms. The molecule has 0 aromatic carbocycles. The van der Waals surface area contributed by atoms with Gasteiger partial charge in [0, 0.05) is 19.8 Å². The van der Waals surface area contributed by atoms with E-state index in [0.717, 1.165) is 44.1 Å². The number of carbonyl (C=O) groups excluding carboxylic acids is 2. The number of hydrogen-bond donors (Lipinski definition) is 1. The van der Waals surface area contributed by atoms with Crippen molar-refractivity contribution in [1.29, 1.82) is 0 Å². The molecule has 0 radical (unpaired) electrons. The maximum absolute atomic E-state index is 12.0. The quantitative estimate of drug-likeness (QED) is 0.321. The molecule has 0 aliphatic heterocycles. The first-order chi connectivity index (χ1) is 11.9. The molecule has 5 heteroatoms. The minimum absolute atomic E-state index is 0.00547. The second-order valence-electron chi connectivity index (χ2n) is 6.50. The lowest BCUT2D eigenvalue weighted by atomic mass is 9.99. The monoisotopic (exact) mass is 350 g/mol. The van der Waals surface area contributed by atoms with Gasteiger partial charge in [-0.15, -0.1) is 0 Å². The van der Waals surface area contributed by atoms with Gasteiger partial charge in [0.15, 0.2) is 5.78 Å². The second-order valence-corrected chi connectivity index (χ2v) is 6.50. The Balaban J connectivity index is 2.44. The summed E-state index contributed by atoms with van der Waals surface area (Å²) in [7, 11) is 0. The van der Waals surface area contributed by atoms with Crippen LogP contribution in [0.3, 0.4) is 0 Å². The van der Waals surface area contributed by atoms with Crippen molar-refractivity contribution in [1.82, 2.24) is 0 Å². The summed E-state index contributed by atoms with van der Waals surface area (Å²) in [5.41, 5.74) is 2.24. The number of aliphatic carboxylic acids is 1. The number of carbonyl (C=O) groups is 3. The summed E-state index contributed by atoms with van der Waals surface area (Å²) in [6, 6.07) is 0. The average Bonchev–Trinajstić information content (AvgIpc) is 2.89. The predicted molar refractivity (Wildman–Crippen MR) is 96.2 cm³/mol. The number of esters is 1. The molecule has 0 unspecified atom stereocenters. The van der Waals surface area contributed by atoms with Crippen LogP contribution in [0.25, 0.3) is 0 Å². The lowest BCUT2D eigenvalue weighted by molar-refractivity contribution is -0.149. The standard InChI is InChI=1S/C20H30O5/c1-3-4-5-10-18-16(11-13-19(18)22)8-6-7-9-17(25-15(2)21)12-14-20(23)24/h4-5,17H,3,6-14H2,1-2H3,(H,23,24)/b5-4+/t17-/m1/s1. The van der Waals surface area contributed by atoms with Crippen molar-refractivity contribution in [3.8, 4) is 0 Å². The van der Waals surface area contributed by atoms with E-state index >= 15 is 0 Å². The molecule has 0 aromatic rings. The van der Waals surface area contributed by atoms with Gasteiger partial charge in [-0.3, -0.25) is 14.4 Å². The Hall–Kier alpha value is -1.91. The molecule has 0 amide bonds. The summed E-state index contributed by atoms with van der Waals surface area (Å²) >= 11 is 0. The highest BCUT2D eigenvalue weighted by Crippen LogP contribution is 2.30. The first kappa shape index (κ1) is 21.1. The van der Waals surface area contributed by atoms with Crippen LogP contribution >= 0.6 is 0 Å². The molecule has 0 heterocycles. The minimum Gasteiger partial charge on any atom is -0.481 e. The van der Waals surface area contributed by atoms with E-state index in [9.17, 15) is 14.4 Å². The number of hydrogen-bond acceptors (Lipinski definition) is 4. The van der Waals surface area contributed by atoms with Crippen molar-refractivity contribution < 1.29 is 24.2 Å². The molecule has 0 saturated carbocycles. The Morgan fingerprint density at radius 1 is 1.20 bits per heavy atom. The Labute approximate surface area is 150 Å². The summed E-state index contributed by atoms with van der Waals surface area (Å²) in [6.07, 6.45) is 10.7. The van der Waals surface area contributed by atoms with E-state index in [4.69, 9.17) is 9.84 Å². The van der Waals surface area contributed by atoms with Gasteiger partial charge >= 0.3 is 11.9 Å². The predicted octanol–water partition coefficient (Wildman–Crippen LogP) is 4.36. The molecule has 1 aliphatic carbocycles. The number of carboxylic acid groups (broad SMARTS) is 1. The lowest BCUT2D eigenvalue weighted by Gasteiger charge is -2.16. The number of Topliss-reactive ketones (excluding diaryl/α,β-unsaturated/α-hetero) is 1. The minimum atomic E-state index is -0.878. The maximum atomic E-state index is 12.0. The van der Waals surface area contributed by atoms with E-state index in [1.54, 1.807) is 0 Å². The van der Waals surface area contributed by atoms with Gasteiger partial charge in [-0.2, -0.15) is 0 Å². The Bertz CT molecular complexity index is 530. The number of ether oxygens (including phenoxy) is 1. The van der Waals surface area contributed by atoms with Crippen LogP contribution < -0.4 is 0 Å². The van der Waals surface area contributed by atoms with Gasteiger partial charge in [0.2, 0.25) is 0 Å². The number of carboxylic acids is 1. The highest BCUT2D eigenvalue weighted by Gasteiger charge is 2.21. The maximum Gasteiger partial charge on any atom is 0.303 e. The average molecular weight is 350 g/mol. The smallest absolute Gasteiger partial charge is 0.303 e. The second kappa shape index (κ2) is 11.6. The lowest BCUT2D eigenvalue weighted by Crippen LogP contribution is -2.17. The van der Waals surface area contributed by atoms with Crippen LogP contribution in [0, 0.1) is 0 Å².